The van der Waals surface area contributed by atoms with Crippen LogP contribution in [0.2, 0.25) is 5.02 Å². The first-order valence-corrected chi connectivity index (χ1v) is 9.65. The molecule has 2 aromatic rings. The van der Waals surface area contributed by atoms with Crippen molar-refractivity contribution in [2.45, 2.75) is 46.2 Å². The summed E-state index contributed by atoms with van der Waals surface area (Å²) in [5, 5.41) is 3.49. The highest BCUT2D eigenvalue weighted by molar-refractivity contribution is 6.30. The molecule has 0 radical (unpaired) electrons. The van der Waals surface area contributed by atoms with Crippen LogP contribution in [-0.4, -0.2) is 29.3 Å². The van der Waals surface area contributed by atoms with Gasteiger partial charge in [-0.15, -0.1) is 0 Å². The highest BCUT2D eigenvalue weighted by atomic mass is 35.5. The Morgan fingerprint density at radius 2 is 1.81 bits per heavy atom. The zero-order valence-electron chi connectivity index (χ0n) is 16.2. The second kappa shape index (κ2) is 10.1. The van der Waals surface area contributed by atoms with Gasteiger partial charge in [-0.3, -0.25) is 9.59 Å². The number of rotatable bonds is 8. The minimum absolute atomic E-state index is 0.0836. The van der Waals surface area contributed by atoms with Gasteiger partial charge >= 0.3 is 0 Å². The molecule has 0 heterocycles. The first kappa shape index (κ1) is 21.0. The summed E-state index contributed by atoms with van der Waals surface area (Å²) in [5.41, 5.74) is 2.95. The number of hydrogen-bond acceptors (Lipinski definition) is 2. The largest absolute Gasteiger partial charge is 0.354 e. The summed E-state index contributed by atoms with van der Waals surface area (Å²) in [7, 11) is 0. The van der Waals surface area contributed by atoms with Crippen molar-refractivity contribution in [2.24, 2.45) is 0 Å². The molecule has 0 saturated heterocycles. The molecule has 0 fully saturated rings. The standard InChI is InChI=1S/C22H27ClN2O2/c1-4-11-24-22(27)17(3)25(15-19-9-6-10-20(23)13-19)21(26)14-18-8-5-7-16(2)12-18/h5-10,12-13,17H,4,11,14-15H2,1-3H3,(H,24,27). The summed E-state index contributed by atoms with van der Waals surface area (Å²) in [5.74, 6) is -0.226. The third-order valence-electron chi connectivity index (χ3n) is 4.40. The maximum Gasteiger partial charge on any atom is 0.242 e. The lowest BCUT2D eigenvalue weighted by Gasteiger charge is -2.29. The number of nitrogens with zero attached hydrogens (tertiary/aromatic N) is 1. The van der Waals surface area contributed by atoms with Gasteiger partial charge in [-0.05, 0) is 43.5 Å². The Balaban J connectivity index is 2.21. The fourth-order valence-electron chi connectivity index (χ4n) is 2.91. The van der Waals surface area contributed by atoms with Crippen LogP contribution in [0.25, 0.3) is 0 Å². The smallest absolute Gasteiger partial charge is 0.242 e. The average molecular weight is 387 g/mol. The lowest BCUT2D eigenvalue weighted by Crippen LogP contribution is -2.48. The van der Waals surface area contributed by atoms with Gasteiger partial charge in [0, 0.05) is 18.1 Å². The zero-order valence-corrected chi connectivity index (χ0v) is 16.9. The van der Waals surface area contributed by atoms with E-state index in [1.165, 1.54) is 0 Å². The van der Waals surface area contributed by atoms with Crippen molar-refractivity contribution in [3.8, 4) is 0 Å². The summed E-state index contributed by atoms with van der Waals surface area (Å²) in [4.78, 5) is 27.2. The number of benzene rings is 2. The second-order valence-corrected chi connectivity index (χ2v) is 7.22. The van der Waals surface area contributed by atoms with E-state index in [0.29, 0.717) is 18.1 Å². The van der Waals surface area contributed by atoms with Crippen LogP contribution in [0, 0.1) is 6.92 Å². The minimum atomic E-state index is -0.562. The van der Waals surface area contributed by atoms with E-state index >= 15 is 0 Å². The molecule has 144 valence electrons. The van der Waals surface area contributed by atoms with Gasteiger partial charge in [-0.25, -0.2) is 0 Å². The van der Waals surface area contributed by atoms with E-state index in [1.807, 2.05) is 56.3 Å². The quantitative estimate of drug-likeness (QED) is 0.741. The number of halogens is 1. The SMILES string of the molecule is CCCNC(=O)C(C)N(Cc1cccc(Cl)c1)C(=O)Cc1cccc(C)c1. The Morgan fingerprint density at radius 1 is 1.11 bits per heavy atom. The Morgan fingerprint density at radius 3 is 2.48 bits per heavy atom. The van der Waals surface area contributed by atoms with E-state index < -0.39 is 6.04 Å². The van der Waals surface area contributed by atoms with E-state index in [0.717, 1.165) is 23.1 Å². The third kappa shape index (κ3) is 6.40. The number of carbonyl (C=O) groups is 2. The van der Waals surface area contributed by atoms with E-state index in [1.54, 1.807) is 17.9 Å². The van der Waals surface area contributed by atoms with Crippen LogP contribution >= 0.6 is 11.6 Å². The summed E-state index contributed by atoms with van der Waals surface area (Å²) in [6.07, 6.45) is 1.11. The molecule has 2 rings (SSSR count). The van der Waals surface area contributed by atoms with Crippen LogP contribution in [0.5, 0.6) is 0 Å². The zero-order chi connectivity index (χ0) is 19.8. The van der Waals surface area contributed by atoms with Crippen molar-refractivity contribution < 1.29 is 9.59 Å². The first-order valence-electron chi connectivity index (χ1n) is 9.28. The predicted molar refractivity (Wildman–Crippen MR) is 110 cm³/mol. The van der Waals surface area contributed by atoms with Crippen molar-refractivity contribution in [1.29, 1.82) is 0 Å². The second-order valence-electron chi connectivity index (χ2n) is 6.78. The molecule has 27 heavy (non-hydrogen) atoms. The molecule has 2 amide bonds. The third-order valence-corrected chi connectivity index (χ3v) is 4.63. The molecule has 0 aromatic heterocycles. The van der Waals surface area contributed by atoms with E-state index in [4.69, 9.17) is 11.6 Å². The average Bonchev–Trinajstić information content (AvgIpc) is 2.63. The molecule has 0 aliphatic carbocycles. The first-order chi connectivity index (χ1) is 12.9. The molecule has 1 N–H and O–H groups in total. The molecular weight excluding hydrogens is 360 g/mol. The Kier molecular flexibility index (Phi) is 7.86. The number of hydrogen-bond donors (Lipinski definition) is 1. The normalized spacial score (nSPS) is 11.7. The fourth-order valence-corrected chi connectivity index (χ4v) is 3.12. The summed E-state index contributed by atoms with van der Waals surface area (Å²) in [6.45, 7) is 6.70. The molecule has 0 aliphatic rings. The Hall–Kier alpha value is -2.33. The van der Waals surface area contributed by atoms with Crippen molar-refractivity contribution in [3.05, 3.63) is 70.2 Å². The topological polar surface area (TPSA) is 49.4 Å². The molecule has 1 atom stereocenters. The van der Waals surface area contributed by atoms with Gasteiger partial charge in [0.05, 0.1) is 6.42 Å². The summed E-state index contributed by atoms with van der Waals surface area (Å²) in [6, 6.07) is 14.7. The predicted octanol–water partition coefficient (Wildman–Crippen LogP) is 4.13. The van der Waals surface area contributed by atoms with Crippen LogP contribution < -0.4 is 5.32 Å². The van der Waals surface area contributed by atoms with Crippen LogP contribution in [0.15, 0.2) is 48.5 Å². The molecule has 0 aliphatic heterocycles. The maximum absolute atomic E-state index is 13.0. The molecular formula is C22H27ClN2O2. The highest BCUT2D eigenvalue weighted by Crippen LogP contribution is 2.16. The number of carbonyl (C=O) groups excluding carboxylic acids is 2. The van der Waals surface area contributed by atoms with E-state index in [9.17, 15) is 9.59 Å². The van der Waals surface area contributed by atoms with Crippen LogP contribution in [0.4, 0.5) is 0 Å². The molecule has 0 bridgehead atoms. The molecule has 1 unspecified atom stereocenters. The fraction of sp³-hybridized carbons (Fsp3) is 0.364. The molecule has 5 heteroatoms. The highest BCUT2D eigenvalue weighted by Gasteiger charge is 2.26. The minimum Gasteiger partial charge on any atom is -0.354 e. The van der Waals surface area contributed by atoms with E-state index in [-0.39, 0.29) is 18.2 Å². The maximum atomic E-state index is 13.0. The van der Waals surface area contributed by atoms with Gasteiger partial charge < -0.3 is 10.2 Å². The van der Waals surface area contributed by atoms with Gasteiger partial charge in [0.25, 0.3) is 0 Å². The van der Waals surface area contributed by atoms with Gasteiger partial charge in [-0.2, -0.15) is 0 Å². The van der Waals surface area contributed by atoms with Crippen LogP contribution in [0.3, 0.4) is 0 Å². The molecule has 4 nitrogen and oxygen atoms in total. The monoisotopic (exact) mass is 386 g/mol. The van der Waals surface area contributed by atoms with Gasteiger partial charge in [0.15, 0.2) is 0 Å². The molecule has 0 spiro atoms. The number of amides is 2. The lowest BCUT2D eigenvalue weighted by molar-refractivity contribution is -0.140. The number of aryl methyl sites for hydroxylation is 1. The van der Waals surface area contributed by atoms with E-state index in [2.05, 4.69) is 5.32 Å². The van der Waals surface area contributed by atoms with Crippen molar-refractivity contribution >= 4 is 23.4 Å². The molecule has 0 saturated carbocycles. The van der Waals surface area contributed by atoms with Crippen LogP contribution in [-0.2, 0) is 22.6 Å². The number of nitrogens with one attached hydrogen (secondary N) is 1. The van der Waals surface area contributed by atoms with Crippen molar-refractivity contribution in [2.75, 3.05) is 6.54 Å². The van der Waals surface area contributed by atoms with Crippen molar-refractivity contribution in [3.63, 3.8) is 0 Å². The lowest BCUT2D eigenvalue weighted by atomic mass is 10.1. The van der Waals surface area contributed by atoms with Crippen molar-refractivity contribution in [1.82, 2.24) is 10.2 Å². The summed E-state index contributed by atoms with van der Waals surface area (Å²) < 4.78 is 0. The van der Waals surface area contributed by atoms with Gasteiger partial charge in [0.1, 0.15) is 6.04 Å². The van der Waals surface area contributed by atoms with Gasteiger partial charge in [0.2, 0.25) is 11.8 Å². The Labute approximate surface area is 166 Å². The Bertz CT molecular complexity index is 791. The molecule has 2 aromatic carbocycles. The van der Waals surface area contributed by atoms with Crippen LogP contribution in [0.1, 0.15) is 37.0 Å². The van der Waals surface area contributed by atoms with Gasteiger partial charge in [-0.1, -0.05) is 60.5 Å². The summed E-state index contributed by atoms with van der Waals surface area (Å²) >= 11 is 6.08.